The third-order valence-corrected chi connectivity index (χ3v) is 4.95. The number of carbonyl (C=O) groups is 2. The summed E-state index contributed by atoms with van der Waals surface area (Å²) in [6.45, 7) is 4.97. The van der Waals surface area contributed by atoms with Gasteiger partial charge in [0.15, 0.2) is 0 Å². The van der Waals surface area contributed by atoms with Crippen LogP contribution in [0.15, 0.2) is 0 Å². The second kappa shape index (κ2) is 7.14. The predicted molar refractivity (Wildman–Crippen MR) is 77.2 cm³/mol. The molecular weight excluding hydrogens is 262 g/mol. The van der Waals surface area contributed by atoms with Gasteiger partial charge in [-0.15, -0.1) is 0 Å². The van der Waals surface area contributed by atoms with E-state index in [9.17, 15) is 9.59 Å². The molecule has 0 aromatic heterocycles. The summed E-state index contributed by atoms with van der Waals surface area (Å²) in [6.07, 6.45) is 3.14. The van der Waals surface area contributed by atoms with E-state index in [0.29, 0.717) is 18.3 Å². The molecule has 2 unspecified atom stereocenters. The maximum atomic E-state index is 12.0. The molecule has 1 heterocycles. The molecule has 1 saturated heterocycles. The Kier molecular flexibility index (Phi) is 5.51. The van der Waals surface area contributed by atoms with Crippen molar-refractivity contribution < 1.29 is 9.59 Å². The molecule has 1 saturated carbocycles. The van der Waals surface area contributed by atoms with E-state index in [-0.39, 0.29) is 11.9 Å². The number of amides is 2. The molecule has 0 spiro atoms. The van der Waals surface area contributed by atoms with E-state index in [1.165, 1.54) is 0 Å². The highest BCUT2D eigenvalue weighted by Gasteiger charge is 2.29. The lowest BCUT2D eigenvalue weighted by molar-refractivity contribution is -0.146. The van der Waals surface area contributed by atoms with Crippen molar-refractivity contribution in [3.63, 3.8) is 0 Å². The lowest BCUT2D eigenvalue weighted by atomic mass is 10.2. The fourth-order valence-electron chi connectivity index (χ4n) is 2.72. The van der Waals surface area contributed by atoms with Crippen molar-refractivity contribution in [1.29, 1.82) is 0 Å². The monoisotopic (exact) mass is 285 g/mol. The Balaban J connectivity index is 1.76. The van der Waals surface area contributed by atoms with E-state index >= 15 is 0 Å². The Morgan fingerprint density at radius 2 is 2.05 bits per heavy atom. The Morgan fingerprint density at radius 3 is 2.74 bits per heavy atom. The van der Waals surface area contributed by atoms with Gasteiger partial charge in [-0.1, -0.05) is 6.92 Å². The SMILES string of the molecule is CCSC1CCC(NC(=O)C(=O)N2CCNCC2)C1. The van der Waals surface area contributed by atoms with E-state index in [0.717, 1.165) is 38.1 Å². The number of nitrogens with zero attached hydrogens (tertiary/aromatic N) is 1. The molecular formula is C13H23N3O2S. The number of hydrogen-bond donors (Lipinski definition) is 2. The second-order valence-corrected chi connectivity index (χ2v) is 6.68. The van der Waals surface area contributed by atoms with Crippen LogP contribution in [0.1, 0.15) is 26.2 Å². The zero-order valence-corrected chi connectivity index (χ0v) is 12.3. The first kappa shape index (κ1) is 14.7. The molecule has 0 bridgehead atoms. The second-order valence-electron chi connectivity index (χ2n) is 5.10. The highest BCUT2D eigenvalue weighted by molar-refractivity contribution is 7.99. The minimum atomic E-state index is -0.422. The first-order valence-electron chi connectivity index (χ1n) is 7.12. The van der Waals surface area contributed by atoms with Crippen LogP contribution in [0.25, 0.3) is 0 Å². The molecule has 1 aliphatic carbocycles. The van der Waals surface area contributed by atoms with E-state index in [1.807, 2.05) is 11.8 Å². The van der Waals surface area contributed by atoms with E-state index in [1.54, 1.807) is 4.90 Å². The molecule has 2 atom stereocenters. The smallest absolute Gasteiger partial charge is 0.311 e. The van der Waals surface area contributed by atoms with E-state index in [2.05, 4.69) is 17.6 Å². The van der Waals surface area contributed by atoms with Crippen molar-refractivity contribution in [2.75, 3.05) is 31.9 Å². The number of rotatable bonds is 3. The van der Waals surface area contributed by atoms with Crippen LogP contribution >= 0.6 is 11.8 Å². The third-order valence-electron chi connectivity index (χ3n) is 3.72. The van der Waals surface area contributed by atoms with Crippen LogP contribution in [0.4, 0.5) is 0 Å². The lowest BCUT2D eigenvalue weighted by Gasteiger charge is -2.27. The van der Waals surface area contributed by atoms with Crippen LogP contribution < -0.4 is 10.6 Å². The number of hydrogen-bond acceptors (Lipinski definition) is 4. The van der Waals surface area contributed by atoms with Crippen molar-refractivity contribution in [3.8, 4) is 0 Å². The molecule has 2 rings (SSSR count). The highest BCUT2D eigenvalue weighted by atomic mass is 32.2. The molecule has 1 aliphatic heterocycles. The Labute approximate surface area is 118 Å². The van der Waals surface area contributed by atoms with Gasteiger partial charge in [0.25, 0.3) is 0 Å². The van der Waals surface area contributed by atoms with Gasteiger partial charge in [-0.05, 0) is 25.0 Å². The normalized spacial score (nSPS) is 27.3. The summed E-state index contributed by atoms with van der Waals surface area (Å²) in [5.74, 6) is 0.326. The van der Waals surface area contributed by atoms with Crippen molar-refractivity contribution in [1.82, 2.24) is 15.5 Å². The molecule has 0 aromatic carbocycles. The maximum absolute atomic E-state index is 12.0. The minimum absolute atomic E-state index is 0.184. The van der Waals surface area contributed by atoms with Crippen LogP contribution in [-0.2, 0) is 9.59 Å². The summed E-state index contributed by atoms with van der Waals surface area (Å²) in [4.78, 5) is 25.5. The summed E-state index contributed by atoms with van der Waals surface area (Å²) >= 11 is 1.95. The number of piperazine rings is 1. The van der Waals surface area contributed by atoms with Crippen LogP contribution in [0.3, 0.4) is 0 Å². The fraction of sp³-hybridized carbons (Fsp3) is 0.846. The number of nitrogens with one attached hydrogen (secondary N) is 2. The van der Waals surface area contributed by atoms with Crippen molar-refractivity contribution in [2.24, 2.45) is 0 Å². The number of carbonyl (C=O) groups excluding carboxylic acids is 2. The van der Waals surface area contributed by atoms with E-state index in [4.69, 9.17) is 0 Å². The standard InChI is InChI=1S/C13H23N3O2S/c1-2-19-11-4-3-10(9-11)15-12(17)13(18)16-7-5-14-6-8-16/h10-11,14H,2-9H2,1H3,(H,15,17). The number of thioether (sulfide) groups is 1. The van der Waals surface area contributed by atoms with E-state index < -0.39 is 5.91 Å². The first-order valence-corrected chi connectivity index (χ1v) is 8.17. The van der Waals surface area contributed by atoms with Gasteiger partial charge in [-0.3, -0.25) is 9.59 Å². The highest BCUT2D eigenvalue weighted by Crippen LogP contribution is 2.29. The molecule has 5 nitrogen and oxygen atoms in total. The Hall–Kier alpha value is -0.750. The third kappa shape index (κ3) is 4.11. The van der Waals surface area contributed by atoms with Gasteiger partial charge in [0.2, 0.25) is 0 Å². The van der Waals surface area contributed by atoms with Crippen LogP contribution in [0.2, 0.25) is 0 Å². The zero-order valence-electron chi connectivity index (χ0n) is 11.5. The Bertz CT molecular complexity index is 332. The van der Waals surface area contributed by atoms with Gasteiger partial charge in [-0.25, -0.2) is 0 Å². The molecule has 0 aromatic rings. The van der Waals surface area contributed by atoms with Gasteiger partial charge < -0.3 is 15.5 Å². The first-order chi connectivity index (χ1) is 9.20. The average Bonchev–Trinajstić information content (AvgIpc) is 2.86. The fourth-order valence-corrected chi connectivity index (χ4v) is 3.86. The summed E-state index contributed by atoms with van der Waals surface area (Å²) in [5.41, 5.74) is 0. The zero-order chi connectivity index (χ0) is 13.7. The van der Waals surface area contributed by atoms with Crippen molar-refractivity contribution in [2.45, 2.75) is 37.5 Å². The molecule has 2 amide bonds. The summed E-state index contributed by atoms with van der Waals surface area (Å²) in [6, 6.07) is 0.184. The summed E-state index contributed by atoms with van der Waals surface area (Å²) in [7, 11) is 0. The molecule has 108 valence electrons. The molecule has 0 radical (unpaired) electrons. The van der Waals surface area contributed by atoms with Crippen molar-refractivity contribution in [3.05, 3.63) is 0 Å². The van der Waals surface area contributed by atoms with Gasteiger partial charge in [0.1, 0.15) is 0 Å². The topological polar surface area (TPSA) is 61.4 Å². The average molecular weight is 285 g/mol. The summed E-state index contributed by atoms with van der Waals surface area (Å²) < 4.78 is 0. The molecule has 2 fully saturated rings. The Morgan fingerprint density at radius 1 is 1.32 bits per heavy atom. The predicted octanol–water partition coefficient (Wildman–Crippen LogP) is 0.209. The molecule has 19 heavy (non-hydrogen) atoms. The van der Waals surface area contributed by atoms with Crippen LogP contribution in [0, 0.1) is 0 Å². The maximum Gasteiger partial charge on any atom is 0.311 e. The van der Waals surface area contributed by atoms with Gasteiger partial charge in [0.05, 0.1) is 0 Å². The quantitative estimate of drug-likeness (QED) is 0.728. The lowest BCUT2D eigenvalue weighted by Crippen LogP contribution is -2.52. The van der Waals surface area contributed by atoms with Gasteiger partial charge in [0, 0.05) is 37.5 Å². The molecule has 2 aliphatic rings. The molecule has 6 heteroatoms. The van der Waals surface area contributed by atoms with Gasteiger partial charge in [-0.2, -0.15) is 11.8 Å². The van der Waals surface area contributed by atoms with Gasteiger partial charge >= 0.3 is 11.8 Å². The van der Waals surface area contributed by atoms with Crippen LogP contribution in [-0.4, -0.2) is 59.9 Å². The minimum Gasteiger partial charge on any atom is -0.345 e. The molecule has 2 N–H and O–H groups in total. The largest absolute Gasteiger partial charge is 0.345 e. The van der Waals surface area contributed by atoms with Crippen molar-refractivity contribution >= 4 is 23.6 Å². The summed E-state index contributed by atoms with van der Waals surface area (Å²) in [5, 5.41) is 6.72. The van der Waals surface area contributed by atoms with Crippen LogP contribution in [0.5, 0.6) is 0 Å².